The molecule has 6 rings (SSSR count). The number of sulfone groups is 1. The molecule has 0 unspecified atom stereocenters. The van der Waals surface area contributed by atoms with Gasteiger partial charge in [0.05, 0.1) is 65.7 Å². The first-order chi connectivity index (χ1) is 19.9. The van der Waals surface area contributed by atoms with Gasteiger partial charge in [0.15, 0.2) is 9.84 Å². The summed E-state index contributed by atoms with van der Waals surface area (Å²) in [6, 6.07) is 16.6. The lowest BCUT2D eigenvalue weighted by Crippen LogP contribution is -2.39. The summed E-state index contributed by atoms with van der Waals surface area (Å²) in [5, 5.41) is 3.71. The Hall–Kier alpha value is -3.93. The van der Waals surface area contributed by atoms with Gasteiger partial charge >= 0.3 is 0 Å². The fourth-order valence-electron chi connectivity index (χ4n) is 5.11. The summed E-state index contributed by atoms with van der Waals surface area (Å²) >= 11 is 0. The number of fused-ring (bicyclic) bond motifs is 2. The maximum Gasteiger partial charge on any atom is 0.251 e. The van der Waals surface area contributed by atoms with Crippen LogP contribution in [0.4, 0.5) is 5.82 Å². The molecule has 0 bridgehead atoms. The summed E-state index contributed by atoms with van der Waals surface area (Å²) in [6.07, 6.45) is 3.84. The number of likely N-dealkylation sites (N-methyl/N-ethyl adjacent to an activating group) is 1. The highest BCUT2D eigenvalue weighted by Gasteiger charge is 2.24. The fraction of sp³-hybridized carbons (Fsp3) is 0.333. The van der Waals surface area contributed by atoms with Crippen molar-refractivity contribution < 1.29 is 22.7 Å². The highest BCUT2D eigenvalue weighted by atomic mass is 32.2. The van der Waals surface area contributed by atoms with Crippen molar-refractivity contribution in [3.8, 4) is 11.4 Å². The summed E-state index contributed by atoms with van der Waals surface area (Å²) in [6.45, 7) is 2.02. The van der Waals surface area contributed by atoms with Gasteiger partial charge in [0.2, 0.25) is 0 Å². The molecule has 1 aromatic carbocycles. The predicted octanol–water partition coefficient (Wildman–Crippen LogP) is 3.54. The molecule has 10 nitrogen and oxygen atoms in total. The quantitative estimate of drug-likeness (QED) is 0.369. The molecule has 2 aliphatic rings. The van der Waals surface area contributed by atoms with Gasteiger partial charge in [0.1, 0.15) is 5.82 Å². The number of carbonyl (C=O) groups is 1. The molecule has 1 fully saturated rings. The van der Waals surface area contributed by atoms with Crippen molar-refractivity contribution in [2.24, 2.45) is 0 Å². The van der Waals surface area contributed by atoms with Crippen LogP contribution in [0.15, 0.2) is 65.7 Å². The van der Waals surface area contributed by atoms with Gasteiger partial charge < -0.3 is 19.7 Å². The van der Waals surface area contributed by atoms with Crippen molar-refractivity contribution in [3.63, 3.8) is 0 Å². The summed E-state index contributed by atoms with van der Waals surface area (Å²) in [4.78, 5) is 29.4. The van der Waals surface area contributed by atoms with E-state index in [0.717, 1.165) is 47.6 Å². The molecule has 1 N–H and O–H groups in total. The third-order valence-electron chi connectivity index (χ3n) is 7.52. The first-order valence-electron chi connectivity index (χ1n) is 13.6. The van der Waals surface area contributed by atoms with Crippen molar-refractivity contribution in [1.82, 2.24) is 20.3 Å². The van der Waals surface area contributed by atoms with E-state index in [1.165, 1.54) is 6.07 Å². The van der Waals surface area contributed by atoms with Gasteiger partial charge in [-0.25, -0.2) is 18.4 Å². The number of aromatic nitrogens is 3. The molecule has 1 atom stereocenters. The lowest BCUT2D eigenvalue weighted by atomic mass is 10.1. The Bertz CT molecular complexity index is 1710. The molecule has 1 saturated heterocycles. The maximum atomic E-state index is 12.9. The smallest absolute Gasteiger partial charge is 0.251 e. The van der Waals surface area contributed by atoms with E-state index < -0.39 is 9.84 Å². The summed E-state index contributed by atoms with van der Waals surface area (Å²) < 4.78 is 36.2. The second-order valence-electron chi connectivity index (χ2n) is 10.3. The highest BCUT2D eigenvalue weighted by molar-refractivity contribution is 7.91. The van der Waals surface area contributed by atoms with Gasteiger partial charge in [-0.1, -0.05) is 12.1 Å². The van der Waals surface area contributed by atoms with Gasteiger partial charge in [0, 0.05) is 30.8 Å². The number of rotatable bonds is 6. The molecule has 5 heterocycles. The first-order valence-corrected chi connectivity index (χ1v) is 15.3. The van der Waals surface area contributed by atoms with E-state index in [1.807, 2.05) is 43.4 Å². The van der Waals surface area contributed by atoms with Gasteiger partial charge in [0.25, 0.3) is 5.91 Å². The number of pyridine rings is 3. The molecular formula is C30H31N5O5S. The predicted molar refractivity (Wildman–Crippen MR) is 154 cm³/mol. The minimum absolute atomic E-state index is 0.104. The third-order valence-corrected chi connectivity index (χ3v) is 9.28. The van der Waals surface area contributed by atoms with Gasteiger partial charge in [-0.15, -0.1) is 0 Å². The number of nitrogens with one attached hydrogen (secondary N) is 1. The topological polar surface area (TPSA) is 124 Å². The SMILES string of the molecule is CN(c1cccc(-c2ccc3cnc(CNC(=O)c4ccc5c(c4)S(=O)(=O)CCOC5)cc3n2)n1)[C@@H]1CCCOC1. The van der Waals surface area contributed by atoms with Gasteiger partial charge in [-0.2, -0.15) is 0 Å². The Kier molecular flexibility index (Phi) is 7.65. The number of nitrogens with zero attached hydrogens (tertiary/aromatic N) is 4. The third kappa shape index (κ3) is 5.92. The summed E-state index contributed by atoms with van der Waals surface area (Å²) in [7, 11) is -1.46. The van der Waals surface area contributed by atoms with Crippen LogP contribution in [-0.4, -0.2) is 67.9 Å². The van der Waals surface area contributed by atoms with Crippen molar-refractivity contribution >= 4 is 32.5 Å². The Labute approximate surface area is 238 Å². The van der Waals surface area contributed by atoms with Crippen LogP contribution in [0.2, 0.25) is 0 Å². The normalized spacial score (nSPS) is 18.3. The number of carbonyl (C=O) groups excluding carboxylic acids is 1. The van der Waals surface area contributed by atoms with Gasteiger partial charge in [-0.3, -0.25) is 9.78 Å². The van der Waals surface area contributed by atoms with Crippen LogP contribution < -0.4 is 10.2 Å². The van der Waals surface area contributed by atoms with Crippen LogP contribution in [0.3, 0.4) is 0 Å². The lowest BCUT2D eigenvalue weighted by molar-refractivity contribution is 0.0805. The molecule has 11 heteroatoms. The van der Waals surface area contributed by atoms with Crippen LogP contribution in [-0.2, 0) is 32.5 Å². The molecule has 0 aliphatic carbocycles. The number of ether oxygens (including phenoxy) is 2. The number of hydrogen-bond donors (Lipinski definition) is 1. The number of hydrogen-bond acceptors (Lipinski definition) is 9. The van der Waals surface area contributed by atoms with E-state index in [9.17, 15) is 13.2 Å². The van der Waals surface area contributed by atoms with E-state index in [-0.39, 0.29) is 41.9 Å². The molecule has 212 valence electrons. The molecule has 0 spiro atoms. The molecule has 0 radical (unpaired) electrons. The summed E-state index contributed by atoms with van der Waals surface area (Å²) in [5.74, 6) is 0.383. The molecule has 4 aromatic rings. The van der Waals surface area contributed by atoms with Crippen LogP contribution in [0.25, 0.3) is 22.3 Å². The monoisotopic (exact) mass is 573 g/mol. The van der Waals surface area contributed by atoms with Crippen LogP contribution in [0.5, 0.6) is 0 Å². The number of benzene rings is 1. The van der Waals surface area contributed by atoms with Crippen LogP contribution >= 0.6 is 0 Å². The Morgan fingerprint density at radius 3 is 2.78 bits per heavy atom. The van der Waals surface area contributed by atoms with E-state index in [1.54, 1.807) is 18.3 Å². The molecule has 1 amide bonds. The molecule has 0 saturated carbocycles. The largest absolute Gasteiger partial charge is 0.379 e. The second-order valence-corrected chi connectivity index (χ2v) is 12.4. The standard InChI is InChI=1S/C30H31N5O5S/c1-35(24-4-3-11-39-19-24)29-6-2-5-25(34-29)26-10-9-21-16-31-23(15-27(21)33-26)17-32-30(36)20-7-8-22-18-40-12-13-41(37,38)28(22)14-20/h2,5-10,14-16,24H,3-4,11-13,17-19H2,1H3,(H,32,36)/t24-/m1/s1. The first kappa shape index (κ1) is 27.3. The number of amides is 1. The maximum absolute atomic E-state index is 12.9. The van der Waals surface area contributed by atoms with Crippen LogP contribution in [0, 0.1) is 0 Å². The Morgan fingerprint density at radius 1 is 1.05 bits per heavy atom. The zero-order valence-electron chi connectivity index (χ0n) is 22.7. The average Bonchev–Trinajstić information content (AvgIpc) is 3.16. The van der Waals surface area contributed by atoms with Crippen molar-refractivity contribution in [2.75, 3.05) is 37.5 Å². The number of anilines is 1. The van der Waals surface area contributed by atoms with Crippen molar-refractivity contribution in [1.29, 1.82) is 0 Å². The molecule has 2 aliphatic heterocycles. The Morgan fingerprint density at radius 2 is 1.93 bits per heavy atom. The Balaban J connectivity index is 1.18. The van der Waals surface area contributed by atoms with Crippen molar-refractivity contribution in [2.45, 2.75) is 36.9 Å². The second kappa shape index (κ2) is 11.5. The van der Waals surface area contributed by atoms with E-state index in [0.29, 0.717) is 23.9 Å². The van der Waals surface area contributed by atoms with Gasteiger partial charge in [-0.05, 0) is 60.9 Å². The van der Waals surface area contributed by atoms with Crippen LogP contribution in [0.1, 0.15) is 34.5 Å². The minimum Gasteiger partial charge on any atom is -0.379 e. The fourth-order valence-corrected chi connectivity index (χ4v) is 6.50. The lowest BCUT2D eigenvalue weighted by Gasteiger charge is -2.32. The average molecular weight is 574 g/mol. The van der Waals surface area contributed by atoms with E-state index >= 15 is 0 Å². The molecular weight excluding hydrogens is 542 g/mol. The highest BCUT2D eigenvalue weighted by Crippen LogP contribution is 2.25. The van der Waals surface area contributed by atoms with E-state index in [2.05, 4.69) is 15.2 Å². The molecule has 41 heavy (non-hydrogen) atoms. The zero-order valence-corrected chi connectivity index (χ0v) is 23.6. The van der Waals surface area contributed by atoms with E-state index in [4.69, 9.17) is 19.4 Å². The molecule has 3 aromatic heterocycles. The zero-order chi connectivity index (χ0) is 28.4. The summed E-state index contributed by atoms with van der Waals surface area (Å²) in [5.41, 5.74) is 3.70. The minimum atomic E-state index is -3.51. The van der Waals surface area contributed by atoms with Crippen molar-refractivity contribution in [3.05, 3.63) is 77.6 Å².